The van der Waals surface area contributed by atoms with Gasteiger partial charge in [-0.2, -0.15) is 0 Å². The van der Waals surface area contributed by atoms with E-state index < -0.39 is 25.9 Å². The lowest BCUT2D eigenvalue weighted by Crippen LogP contribution is -2.14. The highest BCUT2D eigenvalue weighted by atomic mass is 32.2. The maximum absolute atomic E-state index is 12.9. The summed E-state index contributed by atoms with van der Waals surface area (Å²) in [5.74, 6) is -0.663. The number of aromatic nitrogens is 2. The molecule has 0 radical (unpaired) electrons. The molecule has 140 valence electrons. The Kier molecular flexibility index (Phi) is 5.06. The van der Waals surface area contributed by atoms with Gasteiger partial charge in [-0.3, -0.25) is 0 Å². The van der Waals surface area contributed by atoms with E-state index in [0.717, 1.165) is 24.3 Å². The molecular formula is C16H12FN4O4S2-. The van der Waals surface area contributed by atoms with Gasteiger partial charge in [0.2, 0.25) is 5.95 Å². The second kappa shape index (κ2) is 7.29. The summed E-state index contributed by atoms with van der Waals surface area (Å²) in [7, 11) is -7.99. The summed E-state index contributed by atoms with van der Waals surface area (Å²) in [4.78, 5) is 7.24. The van der Waals surface area contributed by atoms with Gasteiger partial charge in [0.15, 0.2) is 0 Å². The normalized spacial score (nSPS) is 11.7. The first-order valence-electron chi connectivity index (χ1n) is 7.40. The first-order chi connectivity index (χ1) is 12.8. The molecule has 0 saturated carbocycles. The Morgan fingerprint density at radius 3 is 1.96 bits per heavy atom. The molecule has 3 aromatic rings. The monoisotopic (exact) mass is 407 g/mol. The lowest BCUT2D eigenvalue weighted by molar-refractivity contribution is 0.599. The third-order valence-electron chi connectivity index (χ3n) is 3.28. The molecule has 11 heteroatoms. The summed E-state index contributed by atoms with van der Waals surface area (Å²) >= 11 is 0. The number of nitrogens with one attached hydrogen (secondary N) is 1. The summed E-state index contributed by atoms with van der Waals surface area (Å²) in [6.45, 7) is 0. The van der Waals surface area contributed by atoms with Crippen LogP contribution in [0.25, 0.3) is 4.72 Å². The van der Waals surface area contributed by atoms with Crippen LogP contribution in [0.5, 0.6) is 0 Å². The summed E-state index contributed by atoms with van der Waals surface area (Å²) in [5, 5.41) is 0. The van der Waals surface area contributed by atoms with E-state index in [1.54, 1.807) is 0 Å². The van der Waals surface area contributed by atoms with Crippen LogP contribution < -0.4 is 4.72 Å². The van der Waals surface area contributed by atoms with E-state index in [1.807, 2.05) is 0 Å². The van der Waals surface area contributed by atoms with E-state index in [-0.39, 0.29) is 21.4 Å². The first kappa shape index (κ1) is 18.7. The van der Waals surface area contributed by atoms with Gasteiger partial charge in [-0.1, -0.05) is 12.1 Å². The molecule has 0 aliphatic rings. The van der Waals surface area contributed by atoms with E-state index in [2.05, 4.69) is 19.4 Å². The highest BCUT2D eigenvalue weighted by molar-refractivity contribution is 7.94. The zero-order valence-corrected chi connectivity index (χ0v) is 15.2. The average Bonchev–Trinajstić information content (AvgIpc) is 2.63. The Morgan fingerprint density at radius 1 is 0.815 bits per heavy atom. The number of hydrogen-bond acceptors (Lipinski definition) is 6. The van der Waals surface area contributed by atoms with Crippen molar-refractivity contribution in [2.24, 2.45) is 0 Å². The van der Waals surface area contributed by atoms with Gasteiger partial charge in [-0.05, 0) is 42.5 Å². The molecule has 0 fully saturated rings. The standard InChI is InChI=1S/C16H12FN4O4S2/c17-12-2-6-14(7-3-12)26(22,23)20-13-4-8-15(9-5-13)27(24,25)21-16-18-10-1-11-19-16/h1-11H,(H,18,19,21)/q-1. The lowest BCUT2D eigenvalue weighted by atomic mass is 10.3. The minimum absolute atomic E-state index is 0.0224. The van der Waals surface area contributed by atoms with Crippen LogP contribution in [0.3, 0.4) is 0 Å². The largest absolute Gasteiger partial charge is 0.573 e. The Labute approximate surface area is 155 Å². The van der Waals surface area contributed by atoms with Crippen molar-refractivity contribution in [3.05, 3.63) is 77.5 Å². The smallest absolute Gasteiger partial charge is 0.264 e. The van der Waals surface area contributed by atoms with Crippen molar-refractivity contribution < 1.29 is 21.2 Å². The second-order valence-corrected chi connectivity index (χ2v) is 8.48. The minimum atomic E-state index is -4.05. The van der Waals surface area contributed by atoms with Crippen LogP contribution >= 0.6 is 0 Å². The molecular weight excluding hydrogens is 395 g/mol. The molecule has 1 aromatic heterocycles. The molecule has 0 spiro atoms. The zero-order chi connectivity index (χ0) is 19.5. The van der Waals surface area contributed by atoms with E-state index in [9.17, 15) is 21.2 Å². The molecule has 0 bridgehead atoms. The molecule has 8 nitrogen and oxygen atoms in total. The number of nitrogens with zero attached hydrogens (tertiary/aromatic N) is 3. The predicted octanol–water partition coefficient (Wildman–Crippen LogP) is 2.81. The van der Waals surface area contributed by atoms with Crippen LogP contribution in [-0.2, 0) is 20.0 Å². The van der Waals surface area contributed by atoms with Crippen molar-refractivity contribution in [2.75, 3.05) is 4.72 Å². The fourth-order valence-electron chi connectivity index (χ4n) is 2.02. The molecule has 0 unspecified atom stereocenters. The van der Waals surface area contributed by atoms with Gasteiger partial charge >= 0.3 is 0 Å². The fraction of sp³-hybridized carbons (Fsp3) is 0. The second-order valence-electron chi connectivity index (χ2n) is 5.19. The minimum Gasteiger partial charge on any atom is -0.573 e. The molecule has 0 aliphatic heterocycles. The summed E-state index contributed by atoms with van der Waals surface area (Å²) in [6, 6.07) is 10.6. The molecule has 0 atom stereocenters. The van der Waals surface area contributed by atoms with Crippen molar-refractivity contribution >= 4 is 31.7 Å². The van der Waals surface area contributed by atoms with Crippen molar-refractivity contribution in [3.63, 3.8) is 0 Å². The Morgan fingerprint density at radius 2 is 1.37 bits per heavy atom. The van der Waals surface area contributed by atoms with Crippen LogP contribution in [0, 0.1) is 5.82 Å². The molecule has 1 heterocycles. The number of hydrogen-bond donors (Lipinski definition) is 1. The van der Waals surface area contributed by atoms with Gasteiger partial charge in [-0.25, -0.2) is 35.9 Å². The maximum Gasteiger partial charge on any atom is 0.264 e. The number of rotatable bonds is 6. The van der Waals surface area contributed by atoms with Gasteiger partial charge < -0.3 is 4.72 Å². The number of sulfonamides is 2. The zero-order valence-electron chi connectivity index (χ0n) is 13.5. The first-order valence-corrected chi connectivity index (χ1v) is 10.3. The molecule has 3 rings (SSSR count). The summed E-state index contributed by atoms with van der Waals surface area (Å²) in [5.41, 5.74) is 0.0224. The summed E-state index contributed by atoms with van der Waals surface area (Å²) < 4.78 is 67.7. The van der Waals surface area contributed by atoms with E-state index in [1.165, 1.54) is 42.7 Å². The van der Waals surface area contributed by atoms with Gasteiger partial charge in [0.1, 0.15) is 15.8 Å². The highest BCUT2D eigenvalue weighted by Crippen LogP contribution is 2.28. The average molecular weight is 407 g/mol. The van der Waals surface area contributed by atoms with Crippen LogP contribution in [0.15, 0.2) is 76.8 Å². The third-order valence-corrected chi connectivity index (χ3v) is 5.94. The quantitative estimate of drug-likeness (QED) is 0.671. The highest BCUT2D eigenvalue weighted by Gasteiger charge is 2.15. The van der Waals surface area contributed by atoms with Crippen LogP contribution in [0.4, 0.5) is 16.0 Å². The third kappa shape index (κ3) is 4.57. The van der Waals surface area contributed by atoms with Crippen LogP contribution in [0.1, 0.15) is 0 Å². The van der Waals surface area contributed by atoms with Crippen LogP contribution in [0.2, 0.25) is 0 Å². The van der Waals surface area contributed by atoms with Gasteiger partial charge in [0, 0.05) is 12.4 Å². The van der Waals surface area contributed by atoms with Crippen molar-refractivity contribution in [2.45, 2.75) is 9.79 Å². The van der Waals surface area contributed by atoms with Gasteiger partial charge in [0.25, 0.3) is 10.0 Å². The van der Waals surface area contributed by atoms with E-state index in [4.69, 9.17) is 0 Å². The predicted molar refractivity (Wildman–Crippen MR) is 95.9 cm³/mol. The maximum atomic E-state index is 12.9. The fourth-order valence-corrected chi connectivity index (χ4v) is 3.96. The Hall–Kier alpha value is -3.05. The lowest BCUT2D eigenvalue weighted by Gasteiger charge is -2.22. The number of anilines is 1. The SMILES string of the molecule is O=S(=O)([N-]c1ccc(S(=O)(=O)Nc2ncccn2)cc1)c1ccc(F)cc1. The van der Waals surface area contributed by atoms with Crippen molar-refractivity contribution in [1.82, 2.24) is 9.97 Å². The Bertz CT molecular complexity index is 1140. The van der Waals surface area contributed by atoms with E-state index >= 15 is 0 Å². The summed E-state index contributed by atoms with van der Waals surface area (Å²) in [6.07, 6.45) is 2.76. The molecule has 27 heavy (non-hydrogen) atoms. The van der Waals surface area contributed by atoms with Crippen LogP contribution in [-0.4, -0.2) is 26.8 Å². The number of halogens is 1. The molecule has 0 amide bonds. The van der Waals surface area contributed by atoms with Gasteiger partial charge in [0.05, 0.1) is 9.79 Å². The van der Waals surface area contributed by atoms with Gasteiger partial charge in [-0.15, -0.1) is 5.69 Å². The molecule has 0 saturated heterocycles. The molecule has 0 aliphatic carbocycles. The topological polar surface area (TPSA) is 120 Å². The van der Waals surface area contributed by atoms with Crippen molar-refractivity contribution in [3.8, 4) is 0 Å². The van der Waals surface area contributed by atoms with Crippen molar-refractivity contribution in [1.29, 1.82) is 0 Å². The Balaban J connectivity index is 1.78. The number of benzene rings is 2. The van der Waals surface area contributed by atoms with E-state index in [0.29, 0.717) is 0 Å². The molecule has 2 aromatic carbocycles. The molecule has 1 N–H and O–H groups in total.